The van der Waals surface area contributed by atoms with Crippen molar-refractivity contribution in [1.29, 1.82) is 0 Å². The number of ketones is 1. The van der Waals surface area contributed by atoms with Gasteiger partial charge in [0.05, 0.1) is 12.6 Å². The van der Waals surface area contributed by atoms with Gasteiger partial charge in [0.25, 0.3) is 0 Å². The number of nitrogens with one attached hydrogen (secondary N) is 3. The third-order valence-corrected chi connectivity index (χ3v) is 5.46. The highest BCUT2D eigenvalue weighted by molar-refractivity contribution is 7.98. The summed E-state index contributed by atoms with van der Waals surface area (Å²) in [6.07, 6.45) is 4.43. The molecule has 11 heteroatoms. The molecule has 0 aromatic heterocycles. The second kappa shape index (κ2) is 19.2. The minimum atomic E-state index is -0.794. The van der Waals surface area contributed by atoms with Crippen molar-refractivity contribution in [3.63, 3.8) is 0 Å². The maximum atomic E-state index is 12.7. The molecule has 34 heavy (non-hydrogen) atoms. The zero-order valence-electron chi connectivity index (χ0n) is 19.8. The molecule has 1 aromatic rings. The number of amides is 3. The number of methoxy groups -OCH3 is 1. The first-order chi connectivity index (χ1) is 15.9. The van der Waals surface area contributed by atoms with Crippen LogP contribution >= 0.6 is 24.2 Å². The second-order valence-electron chi connectivity index (χ2n) is 7.64. The lowest BCUT2D eigenvalue weighted by atomic mass is 10.0. The number of ether oxygens (including phenoxy) is 1. The van der Waals surface area contributed by atoms with Crippen molar-refractivity contribution in [2.75, 3.05) is 38.8 Å². The van der Waals surface area contributed by atoms with Crippen LogP contribution in [0.15, 0.2) is 30.3 Å². The molecule has 9 nitrogen and oxygen atoms in total. The van der Waals surface area contributed by atoms with Crippen LogP contribution < -0.4 is 21.7 Å². The van der Waals surface area contributed by atoms with Crippen LogP contribution in [0.2, 0.25) is 0 Å². The summed E-state index contributed by atoms with van der Waals surface area (Å²) in [4.78, 5) is 48.6. The summed E-state index contributed by atoms with van der Waals surface area (Å²) in [5, 5.41) is 8.03. The normalized spacial score (nSPS) is 12.1. The summed E-state index contributed by atoms with van der Waals surface area (Å²) < 4.78 is 4.80. The Morgan fingerprint density at radius 1 is 1.06 bits per heavy atom. The maximum absolute atomic E-state index is 12.7. The van der Waals surface area contributed by atoms with Crippen molar-refractivity contribution in [3.8, 4) is 0 Å². The zero-order valence-corrected chi connectivity index (χ0v) is 21.5. The number of rotatable bonds is 17. The third-order valence-electron chi connectivity index (χ3n) is 4.81. The molecule has 0 unspecified atom stereocenters. The monoisotopic (exact) mass is 516 g/mol. The fourth-order valence-electron chi connectivity index (χ4n) is 2.99. The molecule has 0 aliphatic heterocycles. The molecule has 0 aliphatic rings. The van der Waals surface area contributed by atoms with E-state index in [0.29, 0.717) is 38.6 Å². The molecule has 0 aliphatic carbocycles. The van der Waals surface area contributed by atoms with E-state index in [1.54, 1.807) is 11.8 Å². The van der Waals surface area contributed by atoms with E-state index in [2.05, 4.69) is 16.0 Å². The van der Waals surface area contributed by atoms with E-state index in [0.717, 1.165) is 11.3 Å². The lowest BCUT2D eigenvalue weighted by Gasteiger charge is -2.19. The number of carbonyl (C=O) groups is 4. The van der Waals surface area contributed by atoms with Gasteiger partial charge in [-0.1, -0.05) is 30.3 Å². The summed E-state index contributed by atoms with van der Waals surface area (Å²) in [5.74, 6) is -0.416. The van der Waals surface area contributed by atoms with Gasteiger partial charge >= 0.3 is 0 Å². The number of hydrogen-bond donors (Lipinski definition) is 4. The number of hydrogen-bond acceptors (Lipinski definition) is 7. The minimum absolute atomic E-state index is 0. The highest BCUT2D eigenvalue weighted by Crippen LogP contribution is 2.04. The standard InChI is InChI=1S/C23H36N4O5S.ClH/c1-32-16-18(28)10-6-7-12-25-23(31)20(14-17-8-4-3-5-9-17)27-21(29)15-26-22(30)19(24)11-13-33-2;/h3-5,8-9,19-20H,6-7,10-16,24H2,1-2H3,(H,25,31)(H,26,30)(H,27,29);1H/t19-,20+;/m1./s1. The van der Waals surface area contributed by atoms with Crippen molar-refractivity contribution < 1.29 is 23.9 Å². The smallest absolute Gasteiger partial charge is 0.242 e. The van der Waals surface area contributed by atoms with Gasteiger partial charge in [-0.05, 0) is 36.8 Å². The van der Waals surface area contributed by atoms with Gasteiger partial charge in [-0.3, -0.25) is 19.2 Å². The molecular formula is C23H37ClN4O5S. The van der Waals surface area contributed by atoms with E-state index in [4.69, 9.17) is 10.5 Å². The Bertz CT molecular complexity index is 754. The molecular weight excluding hydrogens is 480 g/mol. The van der Waals surface area contributed by atoms with Crippen LogP contribution in [-0.2, 0) is 30.3 Å². The van der Waals surface area contributed by atoms with Crippen LogP contribution in [0.5, 0.6) is 0 Å². The van der Waals surface area contributed by atoms with Crippen molar-refractivity contribution in [2.24, 2.45) is 5.73 Å². The second-order valence-corrected chi connectivity index (χ2v) is 8.62. The molecule has 0 heterocycles. The highest BCUT2D eigenvalue weighted by atomic mass is 35.5. The number of halogens is 1. The molecule has 192 valence electrons. The average Bonchev–Trinajstić information content (AvgIpc) is 2.81. The van der Waals surface area contributed by atoms with Crippen molar-refractivity contribution in [3.05, 3.63) is 35.9 Å². The quantitative estimate of drug-likeness (QED) is 0.225. The molecule has 5 N–H and O–H groups in total. The van der Waals surface area contributed by atoms with E-state index in [9.17, 15) is 19.2 Å². The first-order valence-electron chi connectivity index (χ1n) is 11.0. The summed E-state index contributed by atoms with van der Waals surface area (Å²) in [6.45, 7) is 0.226. The van der Waals surface area contributed by atoms with Gasteiger partial charge in [-0.15, -0.1) is 12.4 Å². The predicted octanol–water partition coefficient (Wildman–Crippen LogP) is 0.834. The maximum Gasteiger partial charge on any atom is 0.242 e. The minimum Gasteiger partial charge on any atom is -0.377 e. The number of benzene rings is 1. The Hall–Kier alpha value is -2.14. The van der Waals surface area contributed by atoms with E-state index in [1.807, 2.05) is 36.6 Å². The number of thioether (sulfide) groups is 1. The number of carbonyl (C=O) groups excluding carboxylic acids is 4. The molecule has 0 saturated heterocycles. The lowest BCUT2D eigenvalue weighted by Crippen LogP contribution is -2.52. The van der Waals surface area contributed by atoms with Crippen LogP contribution in [0.1, 0.15) is 31.2 Å². The predicted molar refractivity (Wildman–Crippen MR) is 137 cm³/mol. The molecule has 0 saturated carbocycles. The van der Waals surface area contributed by atoms with Crippen LogP contribution in [0, 0.1) is 0 Å². The molecule has 1 rings (SSSR count). The molecule has 0 spiro atoms. The van der Waals surface area contributed by atoms with E-state index < -0.39 is 23.9 Å². The Labute approximate surface area is 212 Å². The third kappa shape index (κ3) is 14.2. The Morgan fingerprint density at radius 2 is 1.76 bits per heavy atom. The van der Waals surface area contributed by atoms with E-state index in [1.165, 1.54) is 7.11 Å². The van der Waals surface area contributed by atoms with Gasteiger partial charge in [0.1, 0.15) is 12.6 Å². The Kier molecular flexibility index (Phi) is 18.0. The fraction of sp³-hybridized carbons (Fsp3) is 0.565. The van der Waals surface area contributed by atoms with Crippen LogP contribution in [0.25, 0.3) is 0 Å². The highest BCUT2D eigenvalue weighted by Gasteiger charge is 2.22. The van der Waals surface area contributed by atoms with Crippen LogP contribution in [-0.4, -0.2) is 74.4 Å². The summed E-state index contributed by atoms with van der Waals surface area (Å²) in [5.41, 5.74) is 6.70. The summed E-state index contributed by atoms with van der Waals surface area (Å²) >= 11 is 1.59. The molecule has 0 bridgehead atoms. The molecule has 3 amide bonds. The van der Waals surface area contributed by atoms with E-state index in [-0.39, 0.29) is 37.2 Å². The molecule has 1 aromatic carbocycles. The summed E-state index contributed by atoms with van der Waals surface area (Å²) in [6, 6.07) is 7.87. The number of nitrogens with two attached hydrogens (primary N) is 1. The molecule has 2 atom stereocenters. The van der Waals surface area contributed by atoms with E-state index >= 15 is 0 Å². The first kappa shape index (κ1) is 31.9. The van der Waals surface area contributed by atoms with Crippen molar-refractivity contribution in [1.82, 2.24) is 16.0 Å². The topological polar surface area (TPSA) is 140 Å². The van der Waals surface area contributed by atoms with Gasteiger partial charge in [0, 0.05) is 26.5 Å². The number of Topliss-reactive ketones (excluding diaryl/α,β-unsaturated/α-hetero) is 1. The van der Waals surface area contributed by atoms with Gasteiger partial charge in [-0.25, -0.2) is 0 Å². The van der Waals surface area contributed by atoms with Gasteiger partial charge < -0.3 is 26.4 Å². The largest absolute Gasteiger partial charge is 0.377 e. The van der Waals surface area contributed by atoms with Gasteiger partial charge in [0.2, 0.25) is 17.7 Å². The Morgan fingerprint density at radius 3 is 2.41 bits per heavy atom. The van der Waals surface area contributed by atoms with Gasteiger partial charge in [0.15, 0.2) is 5.78 Å². The zero-order chi connectivity index (χ0) is 24.5. The van der Waals surface area contributed by atoms with Crippen LogP contribution in [0.4, 0.5) is 0 Å². The van der Waals surface area contributed by atoms with Crippen molar-refractivity contribution >= 4 is 47.7 Å². The average molecular weight is 517 g/mol. The Balaban J connectivity index is 0.0000109. The molecule has 0 radical (unpaired) electrons. The fourth-order valence-corrected chi connectivity index (χ4v) is 3.48. The lowest BCUT2D eigenvalue weighted by molar-refractivity contribution is -0.130. The number of unbranched alkanes of at least 4 members (excludes halogenated alkanes) is 1. The van der Waals surface area contributed by atoms with Gasteiger partial charge in [-0.2, -0.15) is 11.8 Å². The molecule has 0 fully saturated rings. The SMILES string of the molecule is COCC(=O)CCCCNC(=O)[C@H](Cc1ccccc1)NC(=O)CNC(=O)[C@H](N)CCSC.Cl. The van der Waals surface area contributed by atoms with Crippen LogP contribution in [0.3, 0.4) is 0 Å². The summed E-state index contributed by atoms with van der Waals surface area (Å²) in [7, 11) is 1.48. The first-order valence-corrected chi connectivity index (χ1v) is 12.4. The van der Waals surface area contributed by atoms with Crippen molar-refractivity contribution in [2.45, 2.75) is 44.2 Å².